The summed E-state index contributed by atoms with van der Waals surface area (Å²) in [5.41, 5.74) is 0.272. The molecule has 1 spiro atoms. The summed E-state index contributed by atoms with van der Waals surface area (Å²) in [6, 6.07) is 5.68. The minimum absolute atomic E-state index is 0.0805. The van der Waals surface area contributed by atoms with Gasteiger partial charge in [-0.1, -0.05) is 0 Å². The lowest BCUT2D eigenvalue weighted by Crippen LogP contribution is -2.46. The van der Waals surface area contributed by atoms with Crippen molar-refractivity contribution in [1.29, 1.82) is 0 Å². The van der Waals surface area contributed by atoms with Crippen LogP contribution in [0.25, 0.3) is 0 Å². The smallest absolute Gasteiger partial charge is 0.410 e. The van der Waals surface area contributed by atoms with Crippen LogP contribution in [0.3, 0.4) is 0 Å². The molecule has 1 aromatic carbocycles. The van der Waals surface area contributed by atoms with Gasteiger partial charge in [0.2, 0.25) is 5.91 Å². The maximum atomic E-state index is 12.8. The highest BCUT2D eigenvalue weighted by Gasteiger charge is 2.46. The van der Waals surface area contributed by atoms with Crippen LogP contribution >= 0.6 is 0 Å². The maximum absolute atomic E-state index is 12.8. The SMILES string of the molecule is CC(C)(C)OC(=O)N1CCC2(CC1)CC(=O)N(c1ccc3c(c1)OCCO3)C2. The molecule has 7 heteroatoms. The molecule has 1 aromatic rings. The minimum atomic E-state index is -0.495. The van der Waals surface area contributed by atoms with Gasteiger partial charge >= 0.3 is 6.09 Å². The van der Waals surface area contributed by atoms with Crippen LogP contribution in [0.1, 0.15) is 40.0 Å². The van der Waals surface area contributed by atoms with Crippen LogP contribution in [0.15, 0.2) is 18.2 Å². The van der Waals surface area contributed by atoms with E-state index in [0.29, 0.717) is 45.0 Å². The zero-order valence-corrected chi connectivity index (χ0v) is 16.8. The predicted molar refractivity (Wildman–Crippen MR) is 104 cm³/mol. The van der Waals surface area contributed by atoms with Gasteiger partial charge < -0.3 is 24.0 Å². The van der Waals surface area contributed by atoms with Gasteiger partial charge in [-0.05, 0) is 45.7 Å². The lowest BCUT2D eigenvalue weighted by atomic mass is 9.78. The van der Waals surface area contributed by atoms with Crippen molar-refractivity contribution in [3.05, 3.63) is 18.2 Å². The molecule has 3 heterocycles. The quantitative estimate of drug-likeness (QED) is 0.739. The molecule has 152 valence electrons. The topological polar surface area (TPSA) is 68.3 Å². The average molecular weight is 388 g/mol. The van der Waals surface area contributed by atoms with Crippen LogP contribution < -0.4 is 14.4 Å². The Bertz CT molecular complexity index is 777. The number of rotatable bonds is 1. The van der Waals surface area contributed by atoms with E-state index in [0.717, 1.165) is 24.3 Å². The first-order chi connectivity index (χ1) is 13.2. The van der Waals surface area contributed by atoms with E-state index in [4.69, 9.17) is 14.2 Å². The van der Waals surface area contributed by atoms with Crippen LogP contribution in [-0.2, 0) is 9.53 Å². The number of piperidine rings is 1. The Labute approximate surface area is 165 Å². The molecule has 0 N–H and O–H groups in total. The monoisotopic (exact) mass is 388 g/mol. The first kappa shape index (κ1) is 18.9. The summed E-state index contributed by atoms with van der Waals surface area (Å²) in [6.45, 7) is 8.61. The van der Waals surface area contributed by atoms with Crippen molar-refractivity contribution in [1.82, 2.24) is 4.90 Å². The number of hydrogen-bond donors (Lipinski definition) is 0. The Hall–Kier alpha value is -2.44. The van der Waals surface area contributed by atoms with Crippen LogP contribution in [-0.4, -0.2) is 55.3 Å². The van der Waals surface area contributed by atoms with Crippen molar-refractivity contribution in [3.63, 3.8) is 0 Å². The summed E-state index contributed by atoms with van der Waals surface area (Å²) in [7, 11) is 0. The second-order valence-electron chi connectivity index (χ2n) is 8.95. The van der Waals surface area contributed by atoms with Crippen LogP contribution in [0, 0.1) is 5.41 Å². The number of anilines is 1. The number of amides is 2. The molecule has 0 radical (unpaired) electrons. The fourth-order valence-electron chi connectivity index (χ4n) is 4.16. The third-order valence-electron chi connectivity index (χ3n) is 5.63. The lowest BCUT2D eigenvalue weighted by Gasteiger charge is -2.39. The van der Waals surface area contributed by atoms with Gasteiger partial charge in [-0.3, -0.25) is 4.79 Å². The summed E-state index contributed by atoms with van der Waals surface area (Å²) < 4.78 is 16.7. The van der Waals surface area contributed by atoms with E-state index in [9.17, 15) is 9.59 Å². The van der Waals surface area contributed by atoms with Crippen molar-refractivity contribution in [2.45, 2.75) is 45.6 Å². The first-order valence-corrected chi connectivity index (χ1v) is 9.93. The number of likely N-dealkylation sites (tertiary alicyclic amines) is 1. The Balaban J connectivity index is 1.42. The van der Waals surface area contributed by atoms with E-state index in [1.165, 1.54) is 0 Å². The molecule has 7 nitrogen and oxygen atoms in total. The second kappa shape index (κ2) is 6.87. The van der Waals surface area contributed by atoms with Crippen molar-refractivity contribution >= 4 is 17.7 Å². The number of hydrogen-bond acceptors (Lipinski definition) is 5. The first-order valence-electron chi connectivity index (χ1n) is 9.93. The molecule has 0 aromatic heterocycles. The van der Waals surface area contributed by atoms with E-state index >= 15 is 0 Å². The van der Waals surface area contributed by atoms with Gasteiger partial charge in [-0.25, -0.2) is 4.79 Å². The second-order valence-corrected chi connectivity index (χ2v) is 8.95. The van der Waals surface area contributed by atoms with Gasteiger partial charge in [0.25, 0.3) is 0 Å². The molecule has 2 fully saturated rings. The lowest BCUT2D eigenvalue weighted by molar-refractivity contribution is -0.118. The molecule has 3 aliphatic rings. The zero-order chi connectivity index (χ0) is 19.9. The van der Waals surface area contributed by atoms with E-state index in [-0.39, 0.29) is 17.4 Å². The molecular weight excluding hydrogens is 360 g/mol. The zero-order valence-electron chi connectivity index (χ0n) is 16.8. The Morgan fingerprint density at radius 3 is 2.46 bits per heavy atom. The van der Waals surface area contributed by atoms with E-state index < -0.39 is 5.60 Å². The Kier molecular flexibility index (Phi) is 4.63. The van der Waals surface area contributed by atoms with E-state index in [2.05, 4.69) is 0 Å². The molecular formula is C21H28N2O5. The van der Waals surface area contributed by atoms with E-state index in [1.54, 1.807) is 4.90 Å². The standard InChI is InChI=1S/C21H28N2O5/c1-20(2,3)28-19(25)22-8-6-21(7-9-22)13-18(24)23(14-21)15-4-5-16-17(12-15)27-11-10-26-16/h4-5,12H,6-11,13-14H2,1-3H3. The van der Waals surface area contributed by atoms with Crippen LogP contribution in [0.5, 0.6) is 11.5 Å². The fraction of sp³-hybridized carbons (Fsp3) is 0.619. The number of ether oxygens (including phenoxy) is 3. The molecule has 0 unspecified atom stereocenters. The van der Waals surface area contributed by atoms with Crippen molar-refractivity contribution in [2.24, 2.45) is 5.41 Å². The summed E-state index contributed by atoms with van der Waals surface area (Å²) in [6.07, 6.45) is 1.86. The molecule has 0 aliphatic carbocycles. The normalized spacial score (nSPS) is 21.2. The fourth-order valence-corrected chi connectivity index (χ4v) is 4.16. The third kappa shape index (κ3) is 3.75. The molecule has 4 rings (SSSR count). The highest BCUT2D eigenvalue weighted by atomic mass is 16.6. The summed E-state index contributed by atoms with van der Waals surface area (Å²) in [5.74, 6) is 1.54. The summed E-state index contributed by atoms with van der Waals surface area (Å²) in [5, 5.41) is 0. The molecule has 2 amide bonds. The van der Waals surface area contributed by atoms with Crippen molar-refractivity contribution in [2.75, 3.05) is 37.7 Å². The summed E-state index contributed by atoms with van der Waals surface area (Å²) in [4.78, 5) is 28.7. The Morgan fingerprint density at radius 1 is 1.11 bits per heavy atom. The summed E-state index contributed by atoms with van der Waals surface area (Å²) >= 11 is 0. The Morgan fingerprint density at radius 2 is 1.79 bits per heavy atom. The van der Waals surface area contributed by atoms with Gasteiger partial charge in [0.15, 0.2) is 11.5 Å². The average Bonchev–Trinajstić information content (AvgIpc) is 2.96. The largest absolute Gasteiger partial charge is 0.486 e. The molecule has 0 saturated carbocycles. The van der Waals surface area contributed by atoms with Gasteiger partial charge in [0.1, 0.15) is 18.8 Å². The minimum Gasteiger partial charge on any atom is -0.486 e. The third-order valence-corrected chi connectivity index (χ3v) is 5.63. The molecule has 3 aliphatic heterocycles. The molecule has 2 saturated heterocycles. The van der Waals surface area contributed by atoms with Crippen LogP contribution in [0.2, 0.25) is 0 Å². The highest BCUT2D eigenvalue weighted by Crippen LogP contribution is 2.44. The van der Waals surface area contributed by atoms with Gasteiger partial charge in [-0.15, -0.1) is 0 Å². The number of nitrogens with zero attached hydrogens (tertiary/aromatic N) is 2. The molecule has 0 atom stereocenters. The predicted octanol–water partition coefficient (Wildman–Crippen LogP) is 3.21. The van der Waals surface area contributed by atoms with Crippen molar-refractivity contribution < 1.29 is 23.8 Å². The number of carbonyl (C=O) groups excluding carboxylic acids is 2. The van der Waals surface area contributed by atoms with Crippen LogP contribution in [0.4, 0.5) is 10.5 Å². The van der Waals surface area contributed by atoms with Gasteiger partial charge in [-0.2, -0.15) is 0 Å². The van der Waals surface area contributed by atoms with Gasteiger partial charge in [0.05, 0.1) is 0 Å². The molecule has 28 heavy (non-hydrogen) atoms. The highest BCUT2D eigenvalue weighted by molar-refractivity contribution is 5.96. The number of fused-ring (bicyclic) bond motifs is 1. The number of benzene rings is 1. The maximum Gasteiger partial charge on any atom is 0.410 e. The number of carbonyl (C=O) groups is 2. The van der Waals surface area contributed by atoms with Crippen molar-refractivity contribution in [3.8, 4) is 11.5 Å². The van der Waals surface area contributed by atoms with Gasteiger partial charge in [0, 0.05) is 43.2 Å². The molecule has 0 bridgehead atoms. The van der Waals surface area contributed by atoms with E-state index in [1.807, 2.05) is 43.9 Å².